The van der Waals surface area contributed by atoms with Crippen LogP contribution in [0.1, 0.15) is 30.8 Å². The second-order valence-electron chi connectivity index (χ2n) is 8.21. The van der Waals surface area contributed by atoms with Gasteiger partial charge in [-0.15, -0.1) is 0 Å². The van der Waals surface area contributed by atoms with Gasteiger partial charge in [0.15, 0.2) is 5.76 Å². The number of hydrogen-bond acceptors (Lipinski definition) is 9. The molecule has 1 aliphatic rings. The van der Waals surface area contributed by atoms with Crippen molar-refractivity contribution in [3.05, 3.63) is 72.4 Å². The monoisotopic (exact) mass is 457 g/mol. The van der Waals surface area contributed by atoms with Crippen LogP contribution >= 0.6 is 0 Å². The molecule has 0 spiro atoms. The van der Waals surface area contributed by atoms with Gasteiger partial charge in [-0.05, 0) is 37.3 Å². The molecule has 1 aliphatic heterocycles. The molecular weight excluding hydrogens is 434 g/mol. The summed E-state index contributed by atoms with van der Waals surface area (Å²) in [5.41, 5.74) is 1.38. The van der Waals surface area contributed by atoms with Crippen LogP contribution in [0, 0.1) is 0 Å². The van der Waals surface area contributed by atoms with Crippen molar-refractivity contribution in [2.45, 2.75) is 25.0 Å². The molecule has 5 heterocycles. The highest BCUT2D eigenvalue weighted by Crippen LogP contribution is 2.34. The summed E-state index contributed by atoms with van der Waals surface area (Å²) in [6, 6.07) is 14.4. The van der Waals surface area contributed by atoms with E-state index in [-0.39, 0.29) is 18.2 Å². The standard InChI is InChI=1S/C24H23N7O3/c1-15(16-6-3-4-11-25-16)27-23-26-12-9-19(29-23)17-7-5-8-18(28-17)20-14-21(34-30-20)24(33)10-13-31(2)22(24)32/h3-9,11-12,14-15,33H,10,13H2,1-2H3,(H,26,27,29)/t15-,24-/m1/s1. The van der Waals surface area contributed by atoms with Crippen molar-refractivity contribution in [1.82, 2.24) is 30.0 Å². The fraction of sp³-hybridized carbons (Fsp3) is 0.250. The van der Waals surface area contributed by atoms with E-state index in [4.69, 9.17) is 4.52 Å². The third-order valence-electron chi connectivity index (χ3n) is 5.83. The number of aliphatic hydroxyl groups is 1. The first kappa shape index (κ1) is 21.7. The molecule has 172 valence electrons. The number of amides is 1. The second-order valence-corrected chi connectivity index (χ2v) is 8.21. The highest BCUT2D eigenvalue weighted by Gasteiger charge is 2.48. The van der Waals surface area contributed by atoms with Crippen LogP contribution in [0.25, 0.3) is 22.8 Å². The minimum atomic E-state index is -1.70. The zero-order chi connectivity index (χ0) is 23.7. The molecule has 4 aromatic rings. The highest BCUT2D eigenvalue weighted by atomic mass is 16.5. The van der Waals surface area contributed by atoms with Gasteiger partial charge in [-0.25, -0.2) is 15.0 Å². The summed E-state index contributed by atoms with van der Waals surface area (Å²) in [6.07, 6.45) is 3.66. The Morgan fingerprint density at radius 2 is 1.82 bits per heavy atom. The predicted octanol–water partition coefficient (Wildman–Crippen LogP) is 2.81. The molecule has 1 amide bonds. The molecule has 1 fully saturated rings. The number of anilines is 1. The van der Waals surface area contributed by atoms with Gasteiger partial charge < -0.3 is 19.8 Å². The van der Waals surface area contributed by atoms with E-state index >= 15 is 0 Å². The Labute approximate surface area is 195 Å². The quantitative estimate of drug-likeness (QED) is 0.449. The molecule has 0 unspecified atom stereocenters. The SMILES string of the molecule is C[C@@H](Nc1nccc(-c2cccc(-c3cc([C@]4(O)CCN(C)C4=O)on3)n2)n1)c1ccccn1. The van der Waals surface area contributed by atoms with E-state index in [2.05, 4.69) is 30.4 Å². The van der Waals surface area contributed by atoms with Crippen molar-refractivity contribution in [3.8, 4) is 22.8 Å². The van der Waals surface area contributed by atoms with Gasteiger partial charge in [-0.2, -0.15) is 0 Å². The summed E-state index contributed by atoms with van der Waals surface area (Å²) in [7, 11) is 1.64. The average molecular weight is 457 g/mol. The van der Waals surface area contributed by atoms with Gasteiger partial charge in [0, 0.05) is 38.5 Å². The molecule has 0 aliphatic carbocycles. The lowest BCUT2D eigenvalue weighted by Crippen LogP contribution is -2.35. The number of rotatable bonds is 6. The number of aromatic nitrogens is 5. The third kappa shape index (κ3) is 3.99. The molecule has 0 aromatic carbocycles. The van der Waals surface area contributed by atoms with E-state index < -0.39 is 11.5 Å². The van der Waals surface area contributed by atoms with Crippen LogP contribution in [0.3, 0.4) is 0 Å². The van der Waals surface area contributed by atoms with E-state index in [1.165, 1.54) is 4.90 Å². The Kier molecular flexibility index (Phi) is 5.50. The van der Waals surface area contributed by atoms with Crippen LogP contribution in [-0.4, -0.2) is 54.6 Å². The van der Waals surface area contributed by atoms with Gasteiger partial charge >= 0.3 is 0 Å². The number of pyridine rings is 2. The summed E-state index contributed by atoms with van der Waals surface area (Å²) in [4.78, 5) is 31.7. The molecule has 0 saturated carbocycles. The Morgan fingerprint density at radius 1 is 1.03 bits per heavy atom. The molecule has 34 heavy (non-hydrogen) atoms. The van der Waals surface area contributed by atoms with Gasteiger partial charge in [0.1, 0.15) is 5.69 Å². The maximum atomic E-state index is 12.4. The number of likely N-dealkylation sites (N-methyl/N-ethyl adjacent to an activating group) is 1. The predicted molar refractivity (Wildman–Crippen MR) is 123 cm³/mol. The molecule has 2 atom stereocenters. The molecule has 1 saturated heterocycles. The lowest BCUT2D eigenvalue weighted by atomic mass is 9.98. The van der Waals surface area contributed by atoms with Crippen LogP contribution in [0.15, 0.2) is 65.4 Å². The lowest BCUT2D eigenvalue weighted by molar-refractivity contribution is -0.144. The van der Waals surface area contributed by atoms with Crippen LogP contribution < -0.4 is 5.32 Å². The zero-order valence-electron chi connectivity index (χ0n) is 18.7. The number of carbonyl (C=O) groups excluding carboxylic acids is 1. The third-order valence-corrected chi connectivity index (χ3v) is 5.83. The lowest BCUT2D eigenvalue weighted by Gasteiger charge is -2.16. The summed E-state index contributed by atoms with van der Waals surface area (Å²) in [5, 5.41) is 18.1. The van der Waals surface area contributed by atoms with Crippen LogP contribution in [-0.2, 0) is 10.4 Å². The topological polar surface area (TPSA) is 130 Å². The molecule has 0 radical (unpaired) electrons. The fourth-order valence-corrected chi connectivity index (χ4v) is 3.86. The first-order valence-corrected chi connectivity index (χ1v) is 10.9. The van der Waals surface area contributed by atoms with Crippen molar-refractivity contribution in [2.24, 2.45) is 0 Å². The first-order chi connectivity index (χ1) is 16.4. The Balaban J connectivity index is 1.39. The van der Waals surface area contributed by atoms with Crippen molar-refractivity contribution in [2.75, 3.05) is 18.9 Å². The average Bonchev–Trinajstić information content (AvgIpc) is 3.47. The van der Waals surface area contributed by atoms with Crippen molar-refractivity contribution in [3.63, 3.8) is 0 Å². The van der Waals surface area contributed by atoms with E-state index in [1.54, 1.807) is 37.6 Å². The summed E-state index contributed by atoms with van der Waals surface area (Å²) in [5.74, 6) is 0.164. The minimum Gasteiger partial charge on any atom is -0.373 e. The summed E-state index contributed by atoms with van der Waals surface area (Å²) in [6.45, 7) is 2.43. The van der Waals surface area contributed by atoms with Crippen molar-refractivity contribution < 1.29 is 14.4 Å². The van der Waals surface area contributed by atoms with Crippen LogP contribution in [0.5, 0.6) is 0 Å². The van der Waals surface area contributed by atoms with Crippen LogP contribution in [0.2, 0.25) is 0 Å². The molecule has 10 nitrogen and oxygen atoms in total. The Morgan fingerprint density at radius 3 is 2.56 bits per heavy atom. The molecule has 10 heteroatoms. The number of carbonyl (C=O) groups is 1. The van der Waals surface area contributed by atoms with Gasteiger partial charge in [0.2, 0.25) is 11.5 Å². The summed E-state index contributed by atoms with van der Waals surface area (Å²) >= 11 is 0. The van der Waals surface area contributed by atoms with Crippen molar-refractivity contribution in [1.29, 1.82) is 0 Å². The van der Waals surface area contributed by atoms with Gasteiger partial charge in [0.25, 0.3) is 5.91 Å². The van der Waals surface area contributed by atoms with Crippen LogP contribution in [0.4, 0.5) is 5.95 Å². The smallest absolute Gasteiger partial charge is 0.262 e. The number of hydrogen-bond donors (Lipinski definition) is 2. The minimum absolute atomic E-state index is 0.0764. The first-order valence-electron chi connectivity index (χ1n) is 10.9. The molecule has 2 N–H and O–H groups in total. The number of nitrogens with one attached hydrogen (secondary N) is 1. The summed E-state index contributed by atoms with van der Waals surface area (Å²) < 4.78 is 5.35. The zero-order valence-corrected chi connectivity index (χ0v) is 18.7. The molecular formula is C24H23N7O3. The maximum absolute atomic E-state index is 12.4. The highest BCUT2D eigenvalue weighted by molar-refractivity contribution is 5.87. The van der Waals surface area contributed by atoms with Gasteiger partial charge in [0.05, 0.1) is 28.8 Å². The van der Waals surface area contributed by atoms with E-state index in [9.17, 15) is 9.90 Å². The fourth-order valence-electron chi connectivity index (χ4n) is 3.86. The van der Waals surface area contributed by atoms with E-state index in [1.807, 2.05) is 37.3 Å². The largest absolute Gasteiger partial charge is 0.373 e. The maximum Gasteiger partial charge on any atom is 0.262 e. The van der Waals surface area contributed by atoms with Gasteiger partial charge in [-0.3, -0.25) is 9.78 Å². The molecule has 0 bridgehead atoms. The number of likely N-dealkylation sites (tertiary alicyclic amines) is 1. The van der Waals surface area contributed by atoms with Gasteiger partial charge in [-0.1, -0.05) is 17.3 Å². The number of nitrogens with zero attached hydrogens (tertiary/aromatic N) is 6. The molecule has 4 aromatic heterocycles. The normalized spacial score (nSPS) is 18.8. The van der Waals surface area contributed by atoms with E-state index in [0.717, 1.165) is 5.69 Å². The van der Waals surface area contributed by atoms with Crippen molar-refractivity contribution >= 4 is 11.9 Å². The van der Waals surface area contributed by atoms with E-state index in [0.29, 0.717) is 35.3 Å². The Bertz CT molecular complexity index is 1330. The molecule has 5 rings (SSSR count). The second kappa shape index (κ2) is 8.64. The Hall–Kier alpha value is -4.18.